The predicted octanol–water partition coefficient (Wildman–Crippen LogP) is 4.19. The molecule has 1 amide bonds. The number of sulfone groups is 1. The summed E-state index contributed by atoms with van der Waals surface area (Å²) in [6, 6.07) is 11.4. The number of hydrogen-bond donors (Lipinski definition) is 1. The fraction of sp³-hybridized carbons (Fsp3) is 0. The first kappa shape index (κ1) is 20.6. The van der Waals surface area contributed by atoms with Crippen molar-refractivity contribution in [2.45, 2.75) is 9.10 Å². The third-order valence-electron chi connectivity index (χ3n) is 3.61. The summed E-state index contributed by atoms with van der Waals surface area (Å²) in [6.07, 6.45) is 3.96. The maximum absolute atomic E-state index is 12.6. The van der Waals surface area contributed by atoms with Gasteiger partial charge in [-0.05, 0) is 35.9 Å². The Hall–Kier alpha value is -3.08. The molecule has 0 saturated carbocycles. The van der Waals surface area contributed by atoms with E-state index in [4.69, 9.17) is 11.6 Å². The highest BCUT2D eigenvalue weighted by Crippen LogP contribution is 2.29. The molecule has 0 unspecified atom stereocenters. The summed E-state index contributed by atoms with van der Waals surface area (Å²) in [4.78, 5) is 25.9. The zero-order chi connectivity index (χ0) is 21.0. The Labute approximate surface area is 174 Å². The summed E-state index contributed by atoms with van der Waals surface area (Å²) in [7, 11) is -3.91. The van der Waals surface area contributed by atoms with Crippen molar-refractivity contribution in [3.8, 4) is 0 Å². The van der Waals surface area contributed by atoms with Crippen molar-refractivity contribution in [2.75, 3.05) is 5.32 Å². The van der Waals surface area contributed by atoms with Crippen molar-refractivity contribution in [1.82, 2.24) is 4.98 Å². The number of benzene rings is 2. The number of rotatable bonds is 6. The van der Waals surface area contributed by atoms with E-state index in [1.54, 1.807) is 30.3 Å². The fourth-order valence-corrected chi connectivity index (χ4v) is 4.87. The summed E-state index contributed by atoms with van der Waals surface area (Å²) >= 11 is 6.65. The minimum absolute atomic E-state index is 0.0968. The molecule has 3 aromatic rings. The van der Waals surface area contributed by atoms with Crippen LogP contribution in [0.3, 0.4) is 0 Å². The molecule has 1 heterocycles. The summed E-state index contributed by atoms with van der Waals surface area (Å²) in [5, 5.41) is 13.8. The number of aromatic nitrogens is 1. The van der Waals surface area contributed by atoms with Gasteiger partial charge < -0.3 is 0 Å². The van der Waals surface area contributed by atoms with Crippen LogP contribution in [0.15, 0.2) is 69.9 Å². The van der Waals surface area contributed by atoms with Gasteiger partial charge in [0.15, 0.2) is 5.13 Å². The molecule has 0 bridgehead atoms. The number of anilines is 1. The maximum Gasteiger partial charge on any atom is 0.269 e. The zero-order valence-electron chi connectivity index (χ0n) is 14.5. The van der Waals surface area contributed by atoms with E-state index in [9.17, 15) is 23.3 Å². The van der Waals surface area contributed by atoms with Gasteiger partial charge in [-0.25, -0.2) is 13.4 Å². The Morgan fingerprint density at radius 1 is 1.21 bits per heavy atom. The minimum Gasteiger partial charge on any atom is -0.298 e. The fourth-order valence-electron chi connectivity index (χ4n) is 2.23. The highest BCUT2D eigenvalue weighted by Gasteiger charge is 2.22. The van der Waals surface area contributed by atoms with Gasteiger partial charge >= 0.3 is 0 Å². The number of thiazole rings is 1. The number of non-ortho nitro benzene ring substituents is 1. The number of nitrogens with zero attached hydrogens (tertiary/aromatic N) is 2. The largest absolute Gasteiger partial charge is 0.298 e. The quantitative estimate of drug-likeness (QED) is 0.342. The monoisotopic (exact) mass is 449 g/mol. The molecule has 0 saturated heterocycles. The molecule has 148 valence electrons. The summed E-state index contributed by atoms with van der Waals surface area (Å²) in [6.45, 7) is 0. The van der Waals surface area contributed by atoms with E-state index in [1.165, 1.54) is 6.08 Å². The van der Waals surface area contributed by atoms with E-state index in [1.807, 2.05) is 0 Å². The number of carbonyl (C=O) groups excluding carboxylic acids is 1. The molecule has 0 aliphatic heterocycles. The predicted molar refractivity (Wildman–Crippen MR) is 110 cm³/mol. The molecular weight excluding hydrogens is 438 g/mol. The molecule has 1 N–H and O–H groups in total. The van der Waals surface area contributed by atoms with Crippen LogP contribution in [-0.2, 0) is 14.6 Å². The lowest BCUT2D eigenvalue weighted by Gasteiger charge is -2.00. The molecule has 0 radical (unpaired) electrons. The van der Waals surface area contributed by atoms with Gasteiger partial charge in [0.1, 0.15) is 4.21 Å². The second-order valence-electron chi connectivity index (χ2n) is 5.62. The highest BCUT2D eigenvalue weighted by atomic mass is 35.5. The molecule has 0 spiro atoms. The summed E-state index contributed by atoms with van der Waals surface area (Å²) in [5.74, 6) is -0.487. The standard InChI is InChI=1S/C18H12ClN3O5S2/c19-13-3-1-2-12(10-13)4-9-16(23)21-18-20-11-17(28-18)29(26,27)15-7-5-14(6-8-15)22(24)25/h1-11H,(H,20,21,23). The molecule has 0 atom stereocenters. The van der Waals surface area contributed by atoms with Gasteiger partial charge in [0.25, 0.3) is 5.69 Å². The molecular formula is C18H12ClN3O5S2. The highest BCUT2D eigenvalue weighted by molar-refractivity contribution is 7.93. The number of halogens is 1. The topological polar surface area (TPSA) is 119 Å². The zero-order valence-corrected chi connectivity index (χ0v) is 16.9. The SMILES string of the molecule is O=C(C=Cc1cccc(Cl)c1)Nc1ncc(S(=O)(=O)c2ccc([N+](=O)[O-])cc2)s1. The van der Waals surface area contributed by atoms with E-state index in [-0.39, 0.29) is 19.9 Å². The Bertz CT molecular complexity index is 1200. The third-order valence-corrected chi connectivity index (χ3v) is 6.99. The Balaban J connectivity index is 1.72. The van der Waals surface area contributed by atoms with E-state index in [0.717, 1.165) is 47.4 Å². The van der Waals surface area contributed by atoms with Crippen molar-refractivity contribution in [3.63, 3.8) is 0 Å². The van der Waals surface area contributed by atoms with Gasteiger partial charge in [0, 0.05) is 23.2 Å². The van der Waals surface area contributed by atoms with Gasteiger partial charge in [-0.1, -0.05) is 35.1 Å². The molecule has 3 rings (SSSR count). The van der Waals surface area contributed by atoms with Crippen molar-refractivity contribution < 1.29 is 18.1 Å². The van der Waals surface area contributed by atoms with Crippen LogP contribution in [0.5, 0.6) is 0 Å². The average Bonchev–Trinajstić information content (AvgIpc) is 3.16. The Morgan fingerprint density at radius 3 is 2.59 bits per heavy atom. The molecule has 2 aromatic carbocycles. The van der Waals surface area contributed by atoms with Crippen LogP contribution in [0.25, 0.3) is 6.08 Å². The lowest BCUT2D eigenvalue weighted by molar-refractivity contribution is -0.384. The first-order valence-electron chi connectivity index (χ1n) is 7.96. The van der Waals surface area contributed by atoms with E-state index in [2.05, 4.69) is 10.3 Å². The van der Waals surface area contributed by atoms with Gasteiger partial charge in [-0.3, -0.25) is 20.2 Å². The molecule has 11 heteroatoms. The second-order valence-corrected chi connectivity index (χ2v) is 9.26. The molecule has 8 nitrogen and oxygen atoms in total. The van der Waals surface area contributed by atoms with Crippen LogP contribution in [0.4, 0.5) is 10.8 Å². The van der Waals surface area contributed by atoms with Crippen LogP contribution in [0.2, 0.25) is 5.02 Å². The average molecular weight is 450 g/mol. The third kappa shape index (κ3) is 5.05. The molecule has 1 aromatic heterocycles. The van der Waals surface area contributed by atoms with Gasteiger partial charge in [-0.2, -0.15) is 0 Å². The van der Waals surface area contributed by atoms with Crippen molar-refractivity contribution in [2.24, 2.45) is 0 Å². The van der Waals surface area contributed by atoms with Gasteiger partial charge in [-0.15, -0.1) is 0 Å². The molecule has 0 fully saturated rings. The van der Waals surface area contributed by atoms with Gasteiger partial charge in [0.05, 0.1) is 16.0 Å². The van der Waals surface area contributed by atoms with Crippen molar-refractivity contribution in [1.29, 1.82) is 0 Å². The molecule has 29 heavy (non-hydrogen) atoms. The van der Waals surface area contributed by atoms with Crippen molar-refractivity contribution >= 4 is 55.6 Å². The number of nitrogens with one attached hydrogen (secondary N) is 1. The van der Waals surface area contributed by atoms with Crippen LogP contribution >= 0.6 is 22.9 Å². The van der Waals surface area contributed by atoms with E-state index >= 15 is 0 Å². The Kier molecular flexibility index (Phi) is 6.06. The molecule has 0 aliphatic rings. The van der Waals surface area contributed by atoms with Gasteiger partial charge in [0.2, 0.25) is 15.7 Å². The van der Waals surface area contributed by atoms with Crippen LogP contribution in [-0.4, -0.2) is 24.2 Å². The van der Waals surface area contributed by atoms with E-state index < -0.39 is 20.7 Å². The van der Waals surface area contributed by atoms with Crippen molar-refractivity contribution in [3.05, 3.63) is 81.5 Å². The number of nitro groups is 1. The summed E-state index contributed by atoms with van der Waals surface area (Å²) in [5.41, 5.74) is 0.515. The first-order valence-corrected chi connectivity index (χ1v) is 10.6. The normalized spacial score (nSPS) is 11.5. The number of hydrogen-bond acceptors (Lipinski definition) is 7. The lowest BCUT2D eigenvalue weighted by atomic mass is 10.2. The van der Waals surface area contributed by atoms with E-state index in [0.29, 0.717) is 5.02 Å². The Morgan fingerprint density at radius 2 is 1.93 bits per heavy atom. The molecule has 0 aliphatic carbocycles. The second kappa shape index (κ2) is 8.52. The minimum atomic E-state index is -3.91. The first-order chi connectivity index (χ1) is 13.8. The van der Waals surface area contributed by atoms with Crippen LogP contribution in [0, 0.1) is 10.1 Å². The van der Waals surface area contributed by atoms with Crippen LogP contribution < -0.4 is 5.32 Å². The number of carbonyl (C=O) groups is 1. The number of amides is 1. The smallest absolute Gasteiger partial charge is 0.269 e. The van der Waals surface area contributed by atoms with Crippen LogP contribution in [0.1, 0.15) is 5.56 Å². The summed E-state index contributed by atoms with van der Waals surface area (Å²) < 4.78 is 25.1. The number of nitro benzene ring substituents is 1. The maximum atomic E-state index is 12.6. The lowest BCUT2D eigenvalue weighted by Crippen LogP contribution is -2.07.